The van der Waals surface area contributed by atoms with Crippen molar-refractivity contribution in [2.45, 2.75) is 13.0 Å². The van der Waals surface area contributed by atoms with Crippen LogP contribution in [-0.2, 0) is 4.79 Å². The number of carbonyl (C=O) groups excluding carboxylic acids is 1. The molecule has 0 amide bonds. The van der Waals surface area contributed by atoms with Gasteiger partial charge in [-0.05, 0) is 31.4 Å². The summed E-state index contributed by atoms with van der Waals surface area (Å²) in [7, 11) is 0. The topological polar surface area (TPSA) is 55.5 Å². The van der Waals surface area contributed by atoms with E-state index in [9.17, 15) is 4.79 Å². The first-order valence-electron chi connectivity index (χ1n) is 2.71. The summed E-state index contributed by atoms with van der Waals surface area (Å²) < 4.78 is 0. The van der Waals surface area contributed by atoms with Gasteiger partial charge in [0.05, 0.1) is 5.16 Å². The summed E-state index contributed by atoms with van der Waals surface area (Å²) >= 11 is 4.31. The Morgan fingerprint density at radius 2 is 2.50 bits per heavy atom. The SMILES string of the molecule is C[C@H](N=C=S)C(=O)C=CN. The molecular weight excluding hydrogens is 148 g/mol. The molecule has 1 atom stereocenters. The highest BCUT2D eigenvalue weighted by atomic mass is 32.1. The van der Waals surface area contributed by atoms with Crippen LogP contribution in [0.3, 0.4) is 0 Å². The van der Waals surface area contributed by atoms with Gasteiger partial charge in [-0.1, -0.05) is 0 Å². The third-order valence-corrected chi connectivity index (χ3v) is 1.02. The van der Waals surface area contributed by atoms with Crippen LogP contribution in [0.5, 0.6) is 0 Å². The first-order chi connectivity index (χ1) is 4.72. The summed E-state index contributed by atoms with van der Waals surface area (Å²) in [5, 5.41) is 2.12. The highest BCUT2D eigenvalue weighted by molar-refractivity contribution is 7.78. The van der Waals surface area contributed by atoms with Crippen molar-refractivity contribution in [2.24, 2.45) is 10.7 Å². The van der Waals surface area contributed by atoms with Gasteiger partial charge >= 0.3 is 0 Å². The molecule has 3 nitrogen and oxygen atoms in total. The Morgan fingerprint density at radius 1 is 1.90 bits per heavy atom. The summed E-state index contributed by atoms with van der Waals surface area (Å²) in [5.74, 6) is -0.167. The van der Waals surface area contributed by atoms with E-state index in [1.807, 2.05) is 0 Å². The molecule has 0 fully saturated rings. The summed E-state index contributed by atoms with van der Waals surface area (Å²) in [6.45, 7) is 1.63. The highest BCUT2D eigenvalue weighted by Crippen LogP contribution is 1.90. The van der Waals surface area contributed by atoms with Gasteiger partial charge in [-0.2, -0.15) is 0 Å². The lowest BCUT2D eigenvalue weighted by molar-refractivity contribution is -0.115. The molecular formula is C6H8N2OS. The third kappa shape index (κ3) is 3.12. The normalized spacial score (nSPS) is 12.5. The first-order valence-corrected chi connectivity index (χ1v) is 3.12. The van der Waals surface area contributed by atoms with E-state index in [1.54, 1.807) is 6.92 Å². The minimum Gasteiger partial charge on any atom is -0.404 e. The number of thiocarbonyl (C=S) groups is 1. The van der Waals surface area contributed by atoms with E-state index >= 15 is 0 Å². The van der Waals surface area contributed by atoms with Crippen LogP contribution in [0, 0.1) is 0 Å². The number of rotatable bonds is 3. The van der Waals surface area contributed by atoms with Crippen LogP contribution in [0.4, 0.5) is 0 Å². The molecule has 54 valence electrons. The Labute approximate surface area is 64.6 Å². The maximum Gasteiger partial charge on any atom is 0.182 e. The van der Waals surface area contributed by atoms with E-state index in [0.717, 1.165) is 0 Å². The van der Waals surface area contributed by atoms with Crippen molar-refractivity contribution in [3.8, 4) is 0 Å². The van der Waals surface area contributed by atoms with Crippen LogP contribution in [0.15, 0.2) is 17.3 Å². The van der Waals surface area contributed by atoms with Crippen LogP contribution >= 0.6 is 12.2 Å². The molecule has 0 spiro atoms. The quantitative estimate of drug-likeness (QED) is 0.368. The van der Waals surface area contributed by atoms with E-state index in [4.69, 9.17) is 5.73 Å². The number of aliphatic imine (C=N–C) groups is 1. The zero-order valence-electron chi connectivity index (χ0n) is 5.57. The van der Waals surface area contributed by atoms with E-state index in [-0.39, 0.29) is 5.78 Å². The van der Waals surface area contributed by atoms with Crippen LogP contribution in [-0.4, -0.2) is 17.0 Å². The van der Waals surface area contributed by atoms with Gasteiger partial charge in [-0.3, -0.25) is 4.79 Å². The molecule has 0 radical (unpaired) electrons. The molecule has 0 saturated heterocycles. The van der Waals surface area contributed by atoms with Crippen molar-refractivity contribution < 1.29 is 4.79 Å². The first kappa shape index (κ1) is 9.01. The second-order valence-electron chi connectivity index (χ2n) is 1.66. The molecule has 2 N–H and O–H groups in total. The lowest BCUT2D eigenvalue weighted by Gasteiger charge is -1.94. The molecule has 4 heteroatoms. The molecule has 0 aromatic rings. The fourth-order valence-corrected chi connectivity index (χ4v) is 0.535. The number of hydrogen-bond donors (Lipinski definition) is 1. The predicted octanol–water partition coefficient (Wildman–Crippen LogP) is 0.519. The molecule has 0 unspecified atom stereocenters. The van der Waals surface area contributed by atoms with Crippen molar-refractivity contribution in [3.63, 3.8) is 0 Å². The molecule has 0 aromatic carbocycles. The van der Waals surface area contributed by atoms with Crippen molar-refractivity contribution in [2.75, 3.05) is 0 Å². The van der Waals surface area contributed by atoms with Gasteiger partial charge in [-0.15, -0.1) is 0 Å². The van der Waals surface area contributed by atoms with Gasteiger partial charge in [0.2, 0.25) is 0 Å². The molecule has 0 aliphatic rings. The Kier molecular flexibility index (Phi) is 4.37. The number of hydrogen-bond acceptors (Lipinski definition) is 4. The maximum atomic E-state index is 10.8. The van der Waals surface area contributed by atoms with E-state index in [0.29, 0.717) is 0 Å². The molecule has 0 rings (SSSR count). The highest BCUT2D eigenvalue weighted by Gasteiger charge is 2.05. The van der Waals surface area contributed by atoms with Gasteiger partial charge in [0.1, 0.15) is 6.04 Å². The molecule has 0 aromatic heterocycles. The number of isothiocyanates is 1. The Morgan fingerprint density at radius 3 is 2.90 bits per heavy atom. The van der Waals surface area contributed by atoms with E-state index < -0.39 is 6.04 Å². The standard InChI is InChI=1S/C6H8N2OS/c1-5(8-4-10)6(9)2-3-7/h2-3,5H,7H2,1H3/t5-/m0/s1. The van der Waals surface area contributed by atoms with Gasteiger partial charge in [0.15, 0.2) is 5.78 Å². The minimum absolute atomic E-state index is 0.167. The van der Waals surface area contributed by atoms with Gasteiger partial charge in [0.25, 0.3) is 0 Å². The lowest BCUT2D eigenvalue weighted by Crippen LogP contribution is -2.11. The molecule has 0 saturated carbocycles. The summed E-state index contributed by atoms with van der Waals surface area (Å²) in [4.78, 5) is 14.3. The van der Waals surface area contributed by atoms with Crippen molar-refractivity contribution in [1.29, 1.82) is 0 Å². The lowest BCUT2D eigenvalue weighted by atomic mass is 10.2. The largest absolute Gasteiger partial charge is 0.404 e. The van der Waals surface area contributed by atoms with E-state index in [2.05, 4.69) is 22.4 Å². The van der Waals surface area contributed by atoms with Gasteiger partial charge in [0, 0.05) is 0 Å². The number of nitrogens with two attached hydrogens (primary N) is 1. The molecule has 0 heterocycles. The van der Waals surface area contributed by atoms with Crippen molar-refractivity contribution in [3.05, 3.63) is 12.3 Å². The van der Waals surface area contributed by atoms with Gasteiger partial charge in [-0.25, -0.2) is 4.99 Å². The molecule has 0 bridgehead atoms. The number of nitrogens with zero attached hydrogens (tertiary/aromatic N) is 1. The van der Waals surface area contributed by atoms with Crippen LogP contribution in [0.1, 0.15) is 6.92 Å². The zero-order chi connectivity index (χ0) is 7.98. The monoisotopic (exact) mass is 156 g/mol. The van der Waals surface area contributed by atoms with Crippen LogP contribution in [0.2, 0.25) is 0 Å². The smallest absolute Gasteiger partial charge is 0.182 e. The third-order valence-electron chi connectivity index (χ3n) is 0.919. The predicted molar refractivity (Wildman–Crippen MR) is 42.8 cm³/mol. The zero-order valence-corrected chi connectivity index (χ0v) is 6.39. The van der Waals surface area contributed by atoms with Crippen molar-refractivity contribution in [1.82, 2.24) is 0 Å². The molecule has 0 aliphatic heterocycles. The number of ketones is 1. The number of carbonyl (C=O) groups is 1. The van der Waals surface area contributed by atoms with Crippen molar-refractivity contribution >= 4 is 23.2 Å². The van der Waals surface area contributed by atoms with Crippen LogP contribution in [0.25, 0.3) is 0 Å². The maximum absolute atomic E-state index is 10.8. The van der Waals surface area contributed by atoms with Gasteiger partial charge < -0.3 is 5.73 Å². The second-order valence-corrected chi connectivity index (χ2v) is 1.84. The summed E-state index contributed by atoms with van der Waals surface area (Å²) in [5.41, 5.74) is 4.97. The average molecular weight is 156 g/mol. The fourth-order valence-electron chi connectivity index (χ4n) is 0.377. The van der Waals surface area contributed by atoms with Crippen LogP contribution < -0.4 is 5.73 Å². The Bertz CT molecular complexity index is 194. The molecule has 10 heavy (non-hydrogen) atoms. The fraction of sp³-hybridized carbons (Fsp3) is 0.333. The Hall–Kier alpha value is -0.990. The Balaban J connectivity index is 4.07. The summed E-state index contributed by atoms with van der Waals surface area (Å²) in [6, 6.07) is -0.461. The molecule has 0 aliphatic carbocycles. The van der Waals surface area contributed by atoms with E-state index in [1.165, 1.54) is 12.3 Å². The minimum atomic E-state index is -0.461. The second kappa shape index (κ2) is 4.85. The average Bonchev–Trinajstić information content (AvgIpc) is 1.89. The summed E-state index contributed by atoms with van der Waals surface area (Å²) in [6.07, 6.45) is 2.43.